The molecule has 5 heteroatoms. The lowest BCUT2D eigenvalue weighted by atomic mass is 9.74. The van der Waals surface area contributed by atoms with Crippen molar-refractivity contribution in [1.29, 1.82) is 0 Å². The Balaban J connectivity index is 2.22. The number of aliphatic hydroxyl groups is 1. The van der Waals surface area contributed by atoms with Crippen molar-refractivity contribution < 1.29 is 14.2 Å². The quantitative estimate of drug-likeness (QED) is 0.752. The lowest BCUT2D eigenvalue weighted by Crippen LogP contribution is -2.44. The van der Waals surface area contributed by atoms with Crippen LogP contribution in [0.2, 0.25) is 5.02 Å². The van der Waals surface area contributed by atoms with Crippen molar-refractivity contribution in [1.82, 2.24) is 5.32 Å². The van der Waals surface area contributed by atoms with E-state index in [0.717, 1.165) is 38.8 Å². The summed E-state index contributed by atoms with van der Waals surface area (Å²) in [6.45, 7) is 2.39. The van der Waals surface area contributed by atoms with Crippen LogP contribution in [0.1, 0.15) is 37.7 Å². The maximum Gasteiger partial charge on any atom is 0.125 e. The van der Waals surface area contributed by atoms with E-state index in [-0.39, 0.29) is 5.92 Å². The second-order valence-corrected chi connectivity index (χ2v) is 6.51. The zero-order valence-electron chi connectivity index (χ0n) is 13.1. The number of hydrogen-bond donors (Lipinski definition) is 2. The minimum absolute atomic E-state index is 0.0710. The number of nitrogens with one attached hydrogen (secondary N) is 1. The van der Waals surface area contributed by atoms with Crippen LogP contribution in [0.15, 0.2) is 18.2 Å². The van der Waals surface area contributed by atoms with Crippen LogP contribution < -0.4 is 5.32 Å². The van der Waals surface area contributed by atoms with Crippen LogP contribution in [0.5, 0.6) is 0 Å². The summed E-state index contributed by atoms with van der Waals surface area (Å²) in [5.74, 6) is -0.330. The maximum absolute atomic E-state index is 13.7. The van der Waals surface area contributed by atoms with Gasteiger partial charge in [-0.1, -0.05) is 11.6 Å². The molecule has 0 saturated carbocycles. The largest absolute Gasteiger partial charge is 0.385 e. The normalized spacial score (nSPS) is 21.5. The summed E-state index contributed by atoms with van der Waals surface area (Å²) in [4.78, 5) is 0. The maximum atomic E-state index is 13.7. The minimum Gasteiger partial charge on any atom is -0.385 e. The van der Waals surface area contributed by atoms with Gasteiger partial charge in [-0.2, -0.15) is 0 Å². The molecular formula is C17H25ClFNO2. The highest BCUT2D eigenvalue weighted by atomic mass is 35.5. The average Bonchev–Trinajstić information content (AvgIpc) is 2.51. The van der Waals surface area contributed by atoms with E-state index in [4.69, 9.17) is 16.3 Å². The van der Waals surface area contributed by atoms with Crippen LogP contribution in [-0.2, 0) is 10.3 Å². The van der Waals surface area contributed by atoms with Gasteiger partial charge in [-0.15, -0.1) is 0 Å². The second-order valence-electron chi connectivity index (χ2n) is 6.08. The summed E-state index contributed by atoms with van der Waals surface area (Å²) < 4.78 is 18.8. The molecule has 0 amide bonds. The molecule has 1 heterocycles. The number of rotatable bonds is 7. The highest BCUT2D eigenvalue weighted by Crippen LogP contribution is 2.39. The molecule has 0 aromatic heterocycles. The van der Waals surface area contributed by atoms with E-state index in [2.05, 4.69) is 5.32 Å². The van der Waals surface area contributed by atoms with Crippen LogP contribution >= 0.6 is 11.6 Å². The van der Waals surface area contributed by atoms with Crippen LogP contribution in [0.3, 0.4) is 0 Å². The van der Waals surface area contributed by atoms with E-state index < -0.39 is 11.4 Å². The molecule has 2 rings (SSSR count). The fraction of sp³-hybridized carbons (Fsp3) is 0.647. The van der Waals surface area contributed by atoms with Crippen molar-refractivity contribution in [2.24, 2.45) is 5.92 Å². The highest BCUT2D eigenvalue weighted by Gasteiger charge is 2.38. The molecule has 0 spiro atoms. The van der Waals surface area contributed by atoms with Gasteiger partial charge in [-0.05, 0) is 62.4 Å². The summed E-state index contributed by atoms with van der Waals surface area (Å²) >= 11 is 5.99. The molecule has 0 aliphatic carbocycles. The molecule has 0 bridgehead atoms. The van der Waals surface area contributed by atoms with Gasteiger partial charge < -0.3 is 15.2 Å². The molecular weight excluding hydrogens is 305 g/mol. The first-order valence-electron chi connectivity index (χ1n) is 7.95. The lowest BCUT2D eigenvalue weighted by molar-refractivity contribution is -0.0436. The van der Waals surface area contributed by atoms with Gasteiger partial charge in [0, 0.05) is 31.2 Å². The van der Waals surface area contributed by atoms with Crippen LogP contribution in [0, 0.1) is 11.7 Å². The molecule has 1 aromatic carbocycles. The van der Waals surface area contributed by atoms with Crippen molar-refractivity contribution in [3.8, 4) is 0 Å². The number of halogens is 2. The minimum atomic E-state index is -1.05. The van der Waals surface area contributed by atoms with Gasteiger partial charge in [0.25, 0.3) is 0 Å². The second kappa shape index (κ2) is 8.25. The van der Waals surface area contributed by atoms with Crippen LogP contribution in [-0.4, -0.2) is 31.9 Å². The van der Waals surface area contributed by atoms with Crippen LogP contribution in [0.25, 0.3) is 0 Å². The molecule has 2 N–H and O–H groups in total. The molecule has 1 aliphatic rings. The fourth-order valence-electron chi connectivity index (χ4n) is 3.29. The molecule has 1 saturated heterocycles. The molecule has 3 nitrogen and oxygen atoms in total. The highest BCUT2D eigenvalue weighted by molar-refractivity contribution is 6.30. The van der Waals surface area contributed by atoms with E-state index in [1.165, 1.54) is 12.1 Å². The van der Waals surface area contributed by atoms with Crippen molar-refractivity contribution >= 4 is 11.6 Å². The Labute approximate surface area is 136 Å². The van der Waals surface area contributed by atoms with Crippen molar-refractivity contribution in [3.05, 3.63) is 34.6 Å². The molecule has 1 aromatic rings. The predicted molar refractivity (Wildman–Crippen MR) is 86.6 cm³/mol. The Morgan fingerprint density at radius 2 is 2.23 bits per heavy atom. The number of unbranched alkanes of at least 4 members (excludes halogenated alkanes) is 1. The zero-order valence-corrected chi connectivity index (χ0v) is 13.8. The first-order chi connectivity index (χ1) is 10.6. The van der Waals surface area contributed by atoms with Gasteiger partial charge in [0.05, 0.1) is 5.60 Å². The van der Waals surface area contributed by atoms with E-state index in [9.17, 15) is 9.50 Å². The molecule has 124 valence electrons. The van der Waals surface area contributed by atoms with Gasteiger partial charge in [-0.25, -0.2) is 4.39 Å². The average molecular weight is 330 g/mol. The van der Waals surface area contributed by atoms with Gasteiger partial charge in [0.15, 0.2) is 0 Å². The molecule has 1 fully saturated rings. The Bertz CT molecular complexity index is 459. The smallest absolute Gasteiger partial charge is 0.125 e. The Morgan fingerprint density at radius 3 is 2.86 bits per heavy atom. The zero-order chi connectivity index (χ0) is 16.0. The monoisotopic (exact) mass is 329 g/mol. The number of methoxy groups -OCH3 is 1. The number of ether oxygens (including phenoxy) is 1. The van der Waals surface area contributed by atoms with Gasteiger partial charge in [-0.3, -0.25) is 0 Å². The Morgan fingerprint density at radius 1 is 1.41 bits per heavy atom. The molecule has 22 heavy (non-hydrogen) atoms. The lowest BCUT2D eigenvalue weighted by Gasteiger charge is -2.39. The third-order valence-electron chi connectivity index (χ3n) is 4.49. The topological polar surface area (TPSA) is 41.5 Å². The molecule has 2 atom stereocenters. The summed E-state index contributed by atoms with van der Waals surface area (Å²) in [5.41, 5.74) is -0.462. The van der Waals surface area contributed by atoms with Crippen molar-refractivity contribution in [3.63, 3.8) is 0 Å². The predicted octanol–water partition coefficient (Wildman–Crippen LogP) is 3.48. The number of benzene rings is 1. The standard InChI is InChI=1S/C17H25ClFNO2/c1-22-8-3-2-6-17(21,13-5-4-7-20-12-13)14-9-15(18)11-16(19)10-14/h9-11,13,20-21H,2-8,12H2,1H3/t13-,17+/m1/s1. The third kappa shape index (κ3) is 4.42. The summed E-state index contributed by atoms with van der Waals surface area (Å²) in [5, 5.41) is 15.0. The summed E-state index contributed by atoms with van der Waals surface area (Å²) in [7, 11) is 1.67. The van der Waals surface area contributed by atoms with Gasteiger partial charge in [0.2, 0.25) is 0 Å². The summed E-state index contributed by atoms with van der Waals surface area (Å²) in [6, 6.07) is 4.38. The van der Waals surface area contributed by atoms with Crippen molar-refractivity contribution in [2.75, 3.05) is 26.8 Å². The molecule has 1 aliphatic heterocycles. The van der Waals surface area contributed by atoms with E-state index in [1.54, 1.807) is 13.2 Å². The molecule has 0 unspecified atom stereocenters. The first kappa shape index (κ1) is 17.7. The number of piperidine rings is 1. The van der Waals surface area contributed by atoms with Crippen molar-refractivity contribution in [2.45, 2.75) is 37.7 Å². The SMILES string of the molecule is COCCCC[C@@](O)(c1cc(F)cc(Cl)c1)[C@@H]1CCCNC1. The van der Waals surface area contributed by atoms with Crippen LogP contribution in [0.4, 0.5) is 4.39 Å². The van der Waals surface area contributed by atoms with E-state index in [0.29, 0.717) is 23.6 Å². The van der Waals surface area contributed by atoms with E-state index in [1.807, 2.05) is 0 Å². The third-order valence-corrected chi connectivity index (χ3v) is 4.71. The Hall–Kier alpha value is -0.680. The fourth-order valence-corrected chi connectivity index (χ4v) is 3.51. The van der Waals surface area contributed by atoms with Gasteiger partial charge in [0.1, 0.15) is 5.82 Å². The van der Waals surface area contributed by atoms with Gasteiger partial charge >= 0.3 is 0 Å². The summed E-state index contributed by atoms with van der Waals surface area (Å²) in [6.07, 6.45) is 4.25. The first-order valence-corrected chi connectivity index (χ1v) is 8.32. The van der Waals surface area contributed by atoms with E-state index >= 15 is 0 Å². The number of hydrogen-bond acceptors (Lipinski definition) is 3. The Kier molecular flexibility index (Phi) is 6.63. The molecule has 0 radical (unpaired) electrons.